The summed E-state index contributed by atoms with van der Waals surface area (Å²) in [6.45, 7) is 16.1. The molecule has 0 saturated carbocycles. The van der Waals surface area contributed by atoms with E-state index in [0.717, 1.165) is 34.7 Å². The van der Waals surface area contributed by atoms with Crippen molar-refractivity contribution in [2.45, 2.75) is 73.0 Å². The van der Waals surface area contributed by atoms with Crippen LogP contribution in [-0.4, -0.2) is 33.8 Å². The molecule has 0 saturated heterocycles. The van der Waals surface area contributed by atoms with Crippen LogP contribution in [0.2, 0.25) is 0 Å². The van der Waals surface area contributed by atoms with Crippen molar-refractivity contribution >= 4 is 6.09 Å². The second-order valence-corrected chi connectivity index (χ2v) is 9.60. The van der Waals surface area contributed by atoms with Gasteiger partial charge in [0.05, 0.1) is 11.2 Å². The smallest absolute Gasteiger partial charge is 0.408 e. The van der Waals surface area contributed by atoms with E-state index >= 15 is 0 Å². The Morgan fingerprint density at radius 1 is 1.10 bits per heavy atom. The van der Waals surface area contributed by atoms with Crippen LogP contribution in [0.5, 0.6) is 5.75 Å². The SMILES string of the molecule is Cc1cc(-c2ccc(OC[C@](C)(CC(C)C)NC(=O)OC(C)(C)C)c(C)c2)ncn1. The number of hydrogen-bond acceptors (Lipinski definition) is 5. The van der Waals surface area contributed by atoms with Gasteiger partial charge in [0.25, 0.3) is 0 Å². The molecule has 1 amide bonds. The van der Waals surface area contributed by atoms with Gasteiger partial charge in [0.2, 0.25) is 0 Å². The molecule has 164 valence electrons. The average molecular weight is 414 g/mol. The van der Waals surface area contributed by atoms with E-state index in [2.05, 4.69) is 35.2 Å². The predicted molar refractivity (Wildman–Crippen MR) is 120 cm³/mol. The molecular formula is C24H35N3O3. The van der Waals surface area contributed by atoms with E-state index in [1.54, 1.807) is 6.33 Å². The third-order valence-corrected chi connectivity index (χ3v) is 4.48. The highest BCUT2D eigenvalue weighted by Gasteiger charge is 2.31. The van der Waals surface area contributed by atoms with Gasteiger partial charge in [-0.15, -0.1) is 0 Å². The van der Waals surface area contributed by atoms with Gasteiger partial charge < -0.3 is 14.8 Å². The Hall–Kier alpha value is -2.63. The number of nitrogens with zero attached hydrogens (tertiary/aromatic N) is 2. The number of hydrogen-bond donors (Lipinski definition) is 1. The number of carbonyl (C=O) groups excluding carboxylic acids is 1. The Morgan fingerprint density at radius 2 is 1.80 bits per heavy atom. The fourth-order valence-electron chi connectivity index (χ4n) is 3.42. The van der Waals surface area contributed by atoms with Crippen molar-refractivity contribution < 1.29 is 14.3 Å². The van der Waals surface area contributed by atoms with Gasteiger partial charge in [0.15, 0.2) is 0 Å². The minimum atomic E-state index is -0.550. The van der Waals surface area contributed by atoms with Crippen LogP contribution in [0, 0.1) is 19.8 Å². The van der Waals surface area contributed by atoms with E-state index in [4.69, 9.17) is 9.47 Å². The minimum absolute atomic E-state index is 0.344. The van der Waals surface area contributed by atoms with E-state index in [1.807, 2.05) is 59.7 Å². The molecule has 0 radical (unpaired) electrons. The summed E-state index contributed by atoms with van der Waals surface area (Å²) in [7, 11) is 0. The summed E-state index contributed by atoms with van der Waals surface area (Å²) < 4.78 is 11.6. The second kappa shape index (κ2) is 9.45. The fraction of sp³-hybridized carbons (Fsp3) is 0.542. The number of benzene rings is 1. The van der Waals surface area contributed by atoms with Crippen LogP contribution < -0.4 is 10.1 Å². The molecule has 1 heterocycles. The summed E-state index contributed by atoms with van der Waals surface area (Å²) in [4.78, 5) is 20.9. The highest BCUT2D eigenvalue weighted by Crippen LogP contribution is 2.27. The Bertz CT molecular complexity index is 874. The van der Waals surface area contributed by atoms with Gasteiger partial charge in [0, 0.05) is 11.3 Å². The van der Waals surface area contributed by atoms with E-state index < -0.39 is 17.2 Å². The largest absolute Gasteiger partial charge is 0.491 e. The Balaban J connectivity index is 2.13. The monoisotopic (exact) mass is 413 g/mol. The van der Waals surface area contributed by atoms with E-state index in [0.29, 0.717) is 12.5 Å². The van der Waals surface area contributed by atoms with E-state index in [-0.39, 0.29) is 0 Å². The molecule has 0 fully saturated rings. The summed E-state index contributed by atoms with van der Waals surface area (Å²) in [5.74, 6) is 1.17. The Kier molecular flexibility index (Phi) is 7.45. The lowest BCUT2D eigenvalue weighted by Gasteiger charge is -2.33. The molecule has 30 heavy (non-hydrogen) atoms. The molecule has 1 N–H and O–H groups in total. The maximum atomic E-state index is 12.4. The zero-order valence-corrected chi connectivity index (χ0v) is 19.5. The number of aromatic nitrogens is 2. The number of carbonyl (C=O) groups is 1. The predicted octanol–water partition coefficient (Wildman–Crippen LogP) is 5.47. The molecule has 1 atom stereocenters. The molecular weight excluding hydrogens is 378 g/mol. The summed E-state index contributed by atoms with van der Waals surface area (Å²) in [5.41, 5.74) is 2.74. The topological polar surface area (TPSA) is 73.3 Å². The minimum Gasteiger partial charge on any atom is -0.491 e. The van der Waals surface area contributed by atoms with Crippen LogP contribution in [0.25, 0.3) is 11.3 Å². The maximum absolute atomic E-state index is 12.4. The van der Waals surface area contributed by atoms with E-state index in [1.165, 1.54) is 0 Å². The van der Waals surface area contributed by atoms with Crippen LogP contribution in [-0.2, 0) is 4.74 Å². The van der Waals surface area contributed by atoms with Crippen LogP contribution in [0.4, 0.5) is 4.79 Å². The molecule has 0 unspecified atom stereocenters. The van der Waals surface area contributed by atoms with Crippen molar-refractivity contribution in [1.82, 2.24) is 15.3 Å². The molecule has 1 aromatic carbocycles. The maximum Gasteiger partial charge on any atom is 0.408 e. The van der Waals surface area contributed by atoms with Gasteiger partial charge >= 0.3 is 6.09 Å². The number of ether oxygens (including phenoxy) is 2. The first kappa shape index (κ1) is 23.6. The zero-order valence-electron chi connectivity index (χ0n) is 19.5. The molecule has 1 aromatic heterocycles. The van der Waals surface area contributed by atoms with Crippen molar-refractivity contribution in [2.24, 2.45) is 5.92 Å². The molecule has 0 aliphatic carbocycles. The van der Waals surface area contributed by atoms with Gasteiger partial charge in [-0.1, -0.05) is 13.8 Å². The molecule has 0 bridgehead atoms. The van der Waals surface area contributed by atoms with Crippen molar-refractivity contribution in [1.29, 1.82) is 0 Å². The normalized spacial score (nSPS) is 13.6. The third kappa shape index (κ3) is 7.32. The standard InChI is InChI=1S/C24H35N3O3/c1-16(2)13-24(8,27-22(28)30-23(5,6)7)14-29-21-10-9-19(11-17(21)3)20-12-18(4)25-15-26-20/h9-12,15-16H,13-14H2,1-8H3,(H,27,28)/t24-/m0/s1. The van der Waals surface area contributed by atoms with Gasteiger partial charge in [-0.05, 0) is 83.7 Å². The third-order valence-electron chi connectivity index (χ3n) is 4.48. The second-order valence-electron chi connectivity index (χ2n) is 9.60. The number of aryl methyl sites for hydroxylation is 2. The molecule has 6 heteroatoms. The van der Waals surface area contributed by atoms with Crippen molar-refractivity contribution in [3.05, 3.63) is 41.9 Å². The Labute approximate surface area is 180 Å². The first-order valence-corrected chi connectivity index (χ1v) is 10.4. The first-order valence-electron chi connectivity index (χ1n) is 10.4. The van der Waals surface area contributed by atoms with Crippen LogP contribution >= 0.6 is 0 Å². The molecule has 0 aliphatic rings. The summed E-state index contributed by atoms with van der Waals surface area (Å²) in [6, 6.07) is 7.95. The average Bonchev–Trinajstić information content (AvgIpc) is 2.58. The van der Waals surface area contributed by atoms with Gasteiger partial charge in [-0.25, -0.2) is 14.8 Å². The Morgan fingerprint density at radius 3 is 2.37 bits per heavy atom. The summed E-state index contributed by atoms with van der Waals surface area (Å²) in [6.07, 6.45) is 1.91. The molecule has 2 rings (SSSR count). The zero-order chi connectivity index (χ0) is 22.5. The summed E-state index contributed by atoms with van der Waals surface area (Å²) in [5, 5.41) is 3.01. The van der Waals surface area contributed by atoms with Crippen molar-refractivity contribution in [2.75, 3.05) is 6.61 Å². The van der Waals surface area contributed by atoms with Gasteiger partial charge in [-0.2, -0.15) is 0 Å². The molecule has 0 spiro atoms. The van der Waals surface area contributed by atoms with Crippen LogP contribution in [0.3, 0.4) is 0 Å². The van der Waals surface area contributed by atoms with E-state index in [9.17, 15) is 4.79 Å². The van der Waals surface area contributed by atoms with Gasteiger partial charge in [-0.3, -0.25) is 0 Å². The number of nitrogens with one attached hydrogen (secondary N) is 1. The lowest BCUT2D eigenvalue weighted by Crippen LogP contribution is -2.52. The number of alkyl carbamates (subject to hydrolysis) is 1. The highest BCUT2D eigenvalue weighted by atomic mass is 16.6. The highest BCUT2D eigenvalue weighted by molar-refractivity contribution is 5.68. The lowest BCUT2D eigenvalue weighted by molar-refractivity contribution is 0.0408. The quantitative estimate of drug-likeness (QED) is 0.652. The van der Waals surface area contributed by atoms with Crippen molar-refractivity contribution in [3.8, 4) is 17.0 Å². The lowest BCUT2D eigenvalue weighted by atomic mass is 9.91. The molecule has 0 aliphatic heterocycles. The summed E-state index contributed by atoms with van der Waals surface area (Å²) >= 11 is 0. The van der Waals surface area contributed by atoms with Crippen LogP contribution in [0.15, 0.2) is 30.6 Å². The van der Waals surface area contributed by atoms with Gasteiger partial charge in [0.1, 0.15) is 24.3 Å². The fourth-order valence-corrected chi connectivity index (χ4v) is 3.42. The first-order chi connectivity index (χ1) is 13.9. The number of amides is 1. The molecule has 6 nitrogen and oxygen atoms in total. The van der Waals surface area contributed by atoms with Crippen LogP contribution in [0.1, 0.15) is 59.2 Å². The van der Waals surface area contributed by atoms with Crippen molar-refractivity contribution in [3.63, 3.8) is 0 Å². The number of rotatable bonds is 7. The molecule has 2 aromatic rings.